The lowest BCUT2D eigenvalue weighted by molar-refractivity contribution is 0.298. The monoisotopic (exact) mass is 400 g/mol. The third-order valence-electron chi connectivity index (χ3n) is 2.66. The van der Waals surface area contributed by atoms with E-state index in [1.807, 2.05) is 30.3 Å². The summed E-state index contributed by atoms with van der Waals surface area (Å²) in [4.78, 5) is 4.39. The summed E-state index contributed by atoms with van der Waals surface area (Å²) in [7, 11) is 1.62. The molecule has 1 aromatic heterocycles. The number of nitrogens with two attached hydrogens (primary N) is 1. The van der Waals surface area contributed by atoms with Crippen LogP contribution in [0.4, 0.5) is 0 Å². The van der Waals surface area contributed by atoms with Gasteiger partial charge in [-0.15, -0.1) is 0 Å². The van der Waals surface area contributed by atoms with Crippen molar-refractivity contribution in [2.24, 2.45) is 5.73 Å². The van der Waals surface area contributed by atoms with E-state index in [4.69, 9.17) is 15.2 Å². The fourth-order valence-electron chi connectivity index (χ4n) is 1.65. The number of hydrogen-bond donors (Lipinski definition) is 1. The van der Waals surface area contributed by atoms with Crippen molar-refractivity contribution >= 4 is 31.9 Å². The average molecular weight is 402 g/mol. The molecule has 2 N–H and O–H groups in total. The molecule has 0 aliphatic rings. The molecule has 2 rings (SSSR count). The van der Waals surface area contributed by atoms with Gasteiger partial charge in [-0.25, -0.2) is 0 Å². The lowest BCUT2D eigenvalue weighted by atomic mass is 10.3. The van der Waals surface area contributed by atoms with Gasteiger partial charge in [-0.1, -0.05) is 6.07 Å². The van der Waals surface area contributed by atoms with Gasteiger partial charge in [-0.05, 0) is 56.1 Å². The third-order valence-corrected chi connectivity index (χ3v) is 3.89. The van der Waals surface area contributed by atoms with Gasteiger partial charge >= 0.3 is 0 Å². The second-order valence-corrected chi connectivity index (χ2v) is 5.74. The second-order valence-electron chi connectivity index (χ2n) is 4.03. The first-order chi connectivity index (χ1) is 9.63. The Morgan fingerprint density at radius 2 is 1.75 bits per heavy atom. The molecule has 0 saturated heterocycles. The fraction of sp³-hybridized carbons (Fsp3) is 0.214. The van der Waals surface area contributed by atoms with Gasteiger partial charge in [0.05, 0.1) is 27.4 Å². The normalized spacial score (nSPS) is 10.4. The topological polar surface area (TPSA) is 57.4 Å². The van der Waals surface area contributed by atoms with Crippen LogP contribution in [-0.2, 0) is 13.2 Å². The fourth-order valence-corrected chi connectivity index (χ4v) is 2.57. The van der Waals surface area contributed by atoms with E-state index in [-0.39, 0.29) is 0 Å². The number of aromatic nitrogens is 1. The molecular weight excluding hydrogens is 388 g/mol. The Hall–Kier alpha value is -1.11. The Morgan fingerprint density at radius 1 is 1.10 bits per heavy atom. The quantitative estimate of drug-likeness (QED) is 0.830. The lowest BCUT2D eigenvalue weighted by Gasteiger charge is -2.11. The van der Waals surface area contributed by atoms with Gasteiger partial charge < -0.3 is 15.2 Å². The van der Waals surface area contributed by atoms with Crippen LogP contribution in [0.3, 0.4) is 0 Å². The number of methoxy groups -OCH3 is 1. The van der Waals surface area contributed by atoms with Crippen LogP contribution < -0.4 is 15.2 Å². The Labute approximate surface area is 134 Å². The number of ether oxygens (including phenoxy) is 2. The van der Waals surface area contributed by atoms with E-state index in [0.717, 1.165) is 31.8 Å². The van der Waals surface area contributed by atoms with Gasteiger partial charge in [0.25, 0.3) is 0 Å². The first kappa shape index (κ1) is 15.3. The van der Waals surface area contributed by atoms with Crippen LogP contribution in [0.25, 0.3) is 0 Å². The average Bonchev–Trinajstić information content (AvgIpc) is 2.48. The Bertz CT molecular complexity index is 606. The maximum absolute atomic E-state index is 5.77. The third kappa shape index (κ3) is 3.71. The SMILES string of the molecule is COc1cc(Br)c(OCc2cccc(CN)n2)cc1Br. The molecule has 1 aromatic carbocycles. The van der Waals surface area contributed by atoms with Crippen molar-refractivity contribution in [1.29, 1.82) is 0 Å². The molecule has 0 aliphatic carbocycles. The van der Waals surface area contributed by atoms with Gasteiger partial charge in [0.1, 0.15) is 18.1 Å². The minimum atomic E-state index is 0.380. The van der Waals surface area contributed by atoms with Crippen LogP contribution in [0.5, 0.6) is 11.5 Å². The highest BCUT2D eigenvalue weighted by Crippen LogP contribution is 2.36. The summed E-state index contributed by atoms with van der Waals surface area (Å²) in [5.41, 5.74) is 7.26. The minimum absolute atomic E-state index is 0.380. The molecule has 6 heteroatoms. The summed E-state index contributed by atoms with van der Waals surface area (Å²) >= 11 is 6.89. The molecule has 106 valence electrons. The van der Waals surface area contributed by atoms with Crippen molar-refractivity contribution < 1.29 is 9.47 Å². The summed E-state index contributed by atoms with van der Waals surface area (Å²) in [6.45, 7) is 0.802. The van der Waals surface area contributed by atoms with E-state index >= 15 is 0 Å². The highest BCUT2D eigenvalue weighted by atomic mass is 79.9. The predicted octanol–water partition coefficient (Wildman–Crippen LogP) is 3.65. The molecule has 1 heterocycles. The van der Waals surface area contributed by atoms with Crippen molar-refractivity contribution in [3.8, 4) is 11.5 Å². The zero-order valence-corrected chi connectivity index (χ0v) is 14.1. The van der Waals surface area contributed by atoms with Gasteiger partial charge in [0.15, 0.2) is 0 Å². The van der Waals surface area contributed by atoms with Crippen LogP contribution in [0, 0.1) is 0 Å². The number of pyridine rings is 1. The Balaban J connectivity index is 2.12. The summed E-state index contributed by atoms with van der Waals surface area (Å²) in [6, 6.07) is 9.43. The molecule has 0 radical (unpaired) electrons. The van der Waals surface area contributed by atoms with Gasteiger partial charge in [0, 0.05) is 6.54 Å². The van der Waals surface area contributed by atoms with E-state index in [1.165, 1.54) is 0 Å². The van der Waals surface area contributed by atoms with Crippen LogP contribution in [0.15, 0.2) is 39.3 Å². The highest BCUT2D eigenvalue weighted by molar-refractivity contribution is 9.11. The van der Waals surface area contributed by atoms with E-state index in [1.54, 1.807) is 7.11 Å². The van der Waals surface area contributed by atoms with Crippen LogP contribution in [0.2, 0.25) is 0 Å². The van der Waals surface area contributed by atoms with Crippen LogP contribution in [0.1, 0.15) is 11.4 Å². The Kier molecular flexibility index (Phi) is 5.39. The summed E-state index contributed by atoms with van der Waals surface area (Å²) in [6.07, 6.45) is 0. The highest BCUT2D eigenvalue weighted by Gasteiger charge is 2.08. The van der Waals surface area contributed by atoms with Crippen molar-refractivity contribution in [1.82, 2.24) is 4.98 Å². The number of halogens is 2. The molecule has 4 nitrogen and oxygen atoms in total. The smallest absolute Gasteiger partial charge is 0.135 e. The molecule has 2 aromatic rings. The Morgan fingerprint density at radius 3 is 2.45 bits per heavy atom. The van der Waals surface area contributed by atoms with Gasteiger partial charge in [-0.2, -0.15) is 0 Å². The van der Waals surface area contributed by atoms with E-state index in [2.05, 4.69) is 36.8 Å². The van der Waals surface area contributed by atoms with E-state index in [0.29, 0.717) is 13.2 Å². The molecule has 20 heavy (non-hydrogen) atoms. The molecule has 0 aliphatic heterocycles. The number of rotatable bonds is 5. The molecule has 0 unspecified atom stereocenters. The van der Waals surface area contributed by atoms with E-state index < -0.39 is 0 Å². The number of nitrogens with zero attached hydrogens (tertiary/aromatic N) is 1. The maximum Gasteiger partial charge on any atom is 0.135 e. The lowest BCUT2D eigenvalue weighted by Crippen LogP contribution is -2.04. The number of hydrogen-bond acceptors (Lipinski definition) is 4. The van der Waals surface area contributed by atoms with Crippen LogP contribution in [-0.4, -0.2) is 12.1 Å². The number of benzene rings is 1. The molecule has 0 saturated carbocycles. The van der Waals surface area contributed by atoms with Gasteiger partial charge in [-0.3, -0.25) is 4.98 Å². The molecule has 0 spiro atoms. The van der Waals surface area contributed by atoms with Gasteiger partial charge in [0.2, 0.25) is 0 Å². The molecule has 0 atom stereocenters. The standard InChI is InChI=1S/C14H14Br2N2O2/c1-19-13-5-12(16)14(6-11(13)15)20-8-10-4-2-3-9(7-17)18-10/h2-6H,7-8,17H2,1H3. The molecule has 0 amide bonds. The molecule has 0 bridgehead atoms. The van der Waals surface area contributed by atoms with E-state index in [9.17, 15) is 0 Å². The second kappa shape index (κ2) is 7.06. The first-order valence-electron chi connectivity index (χ1n) is 5.94. The largest absolute Gasteiger partial charge is 0.496 e. The summed E-state index contributed by atoms with van der Waals surface area (Å²) < 4.78 is 12.6. The first-order valence-corrected chi connectivity index (χ1v) is 7.53. The zero-order valence-electron chi connectivity index (χ0n) is 10.9. The molecular formula is C14H14Br2N2O2. The summed E-state index contributed by atoms with van der Waals surface area (Å²) in [5, 5.41) is 0. The van der Waals surface area contributed by atoms with Crippen molar-refractivity contribution in [3.05, 3.63) is 50.7 Å². The summed E-state index contributed by atoms with van der Waals surface area (Å²) in [5.74, 6) is 1.46. The molecule has 0 fully saturated rings. The van der Waals surface area contributed by atoms with Crippen molar-refractivity contribution in [3.63, 3.8) is 0 Å². The van der Waals surface area contributed by atoms with Crippen molar-refractivity contribution in [2.75, 3.05) is 7.11 Å². The maximum atomic E-state index is 5.77. The van der Waals surface area contributed by atoms with Crippen molar-refractivity contribution in [2.45, 2.75) is 13.2 Å². The minimum Gasteiger partial charge on any atom is -0.496 e. The van der Waals surface area contributed by atoms with Crippen LogP contribution >= 0.6 is 31.9 Å². The predicted molar refractivity (Wildman–Crippen MR) is 84.9 cm³/mol. The zero-order chi connectivity index (χ0) is 14.5.